The van der Waals surface area contributed by atoms with Crippen LogP contribution in [-0.4, -0.2) is 48.1 Å². The van der Waals surface area contributed by atoms with Gasteiger partial charge in [0.25, 0.3) is 0 Å². The van der Waals surface area contributed by atoms with Gasteiger partial charge in [0.05, 0.1) is 11.5 Å². The molecule has 2 aromatic carbocycles. The van der Waals surface area contributed by atoms with E-state index < -0.39 is 11.5 Å². The van der Waals surface area contributed by atoms with Gasteiger partial charge in [-0.25, -0.2) is 0 Å². The molecule has 3 N–H and O–H groups in total. The molecule has 156 valence electrons. The number of benzene rings is 2. The van der Waals surface area contributed by atoms with E-state index in [-0.39, 0.29) is 18.9 Å². The predicted molar refractivity (Wildman–Crippen MR) is 112 cm³/mol. The number of fused-ring (bicyclic) bond motifs is 2. The second-order valence-corrected chi connectivity index (χ2v) is 8.69. The number of nitrogens with zero attached hydrogens (tertiary/aromatic N) is 1. The molecule has 30 heavy (non-hydrogen) atoms. The maximum absolute atomic E-state index is 11.1. The summed E-state index contributed by atoms with van der Waals surface area (Å²) in [5.74, 6) is 2.44. The lowest BCUT2D eigenvalue weighted by Gasteiger charge is -2.46. The highest BCUT2D eigenvalue weighted by Crippen LogP contribution is 2.53. The molecule has 3 heterocycles. The number of ether oxygens (including phenoxy) is 3. The summed E-state index contributed by atoms with van der Waals surface area (Å²) in [6.45, 7) is 2.38. The van der Waals surface area contributed by atoms with Gasteiger partial charge in [-0.2, -0.15) is 0 Å². The minimum Gasteiger partial charge on any atom is -0.486 e. The Bertz CT molecular complexity index is 1010. The number of hydrogen-bond acceptors (Lipinski definition) is 6. The zero-order valence-corrected chi connectivity index (χ0v) is 16.8. The minimum atomic E-state index is -0.447. The van der Waals surface area contributed by atoms with Crippen LogP contribution in [0.2, 0.25) is 0 Å². The van der Waals surface area contributed by atoms with Gasteiger partial charge in [0.1, 0.15) is 11.9 Å². The third-order valence-corrected chi connectivity index (χ3v) is 7.08. The molecule has 6 heteroatoms. The summed E-state index contributed by atoms with van der Waals surface area (Å²) in [5.41, 5.74) is 8.82. The maximum Gasteiger partial charge on any atom is 0.231 e. The lowest BCUT2D eigenvalue weighted by atomic mass is 9.65. The van der Waals surface area contributed by atoms with Crippen molar-refractivity contribution in [2.75, 3.05) is 19.9 Å². The molecule has 0 saturated carbocycles. The molecule has 0 spiro atoms. The van der Waals surface area contributed by atoms with Crippen LogP contribution in [0.15, 0.2) is 48.6 Å². The molecular weight excluding hydrogens is 380 g/mol. The van der Waals surface area contributed by atoms with Gasteiger partial charge in [-0.1, -0.05) is 18.2 Å². The summed E-state index contributed by atoms with van der Waals surface area (Å²) in [4.78, 5) is 2.39. The maximum atomic E-state index is 11.1. The third kappa shape index (κ3) is 2.61. The van der Waals surface area contributed by atoms with Gasteiger partial charge in [-0.15, -0.1) is 0 Å². The number of nitrogens with two attached hydrogens (primary N) is 1. The van der Waals surface area contributed by atoms with Crippen molar-refractivity contribution >= 4 is 0 Å². The summed E-state index contributed by atoms with van der Waals surface area (Å²) in [6, 6.07) is 12.6. The molecule has 0 amide bonds. The van der Waals surface area contributed by atoms with Crippen LogP contribution in [0.4, 0.5) is 0 Å². The summed E-state index contributed by atoms with van der Waals surface area (Å²) < 4.78 is 17.5. The van der Waals surface area contributed by atoms with Crippen molar-refractivity contribution < 1.29 is 19.3 Å². The van der Waals surface area contributed by atoms with E-state index >= 15 is 0 Å². The molecule has 1 fully saturated rings. The fourth-order valence-electron chi connectivity index (χ4n) is 5.68. The molecule has 1 unspecified atom stereocenters. The van der Waals surface area contributed by atoms with Gasteiger partial charge < -0.3 is 25.1 Å². The van der Waals surface area contributed by atoms with Crippen molar-refractivity contribution in [3.05, 3.63) is 65.2 Å². The van der Waals surface area contributed by atoms with Crippen molar-refractivity contribution in [3.8, 4) is 17.2 Å². The Morgan fingerprint density at radius 2 is 1.97 bits per heavy atom. The van der Waals surface area contributed by atoms with Crippen LogP contribution in [0.1, 0.15) is 23.1 Å². The van der Waals surface area contributed by atoms with Crippen molar-refractivity contribution in [3.63, 3.8) is 0 Å². The van der Waals surface area contributed by atoms with E-state index in [4.69, 9.17) is 19.9 Å². The third-order valence-electron chi connectivity index (χ3n) is 7.08. The molecule has 0 aromatic heterocycles. The largest absolute Gasteiger partial charge is 0.486 e. The second-order valence-electron chi connectivity index (χ2n) is 8.69. The molecule has 3 aliphatic heterocycles. The van der Waals surface area contributed by atoms with Crippen LogP contribution >= 0.6 is 0 Å². The summed E-state index contributed by atoms with van der Waals surface area (Å²) in [6.07, 6.45) is 5.55. The molecule has 4 aliphatic rings. The first-order valence-corrected chi connectivity index (χ1v) is 10.7. The highest BCUT2D eigenvalue weighted by atomic mass is 16.7. The first-order valence-electron chi connectivity index (χ1n) is 10.7. The van der Waals surface area contributed by atoms with Gasteiger partial charge in [0, 0.05) is 25.6 Å². The SMILES string of the molecule is NCCc1ccc(O[C@H]2C=C[C@@]34c5cc6c(cc5CN(C[C@H]3O)[C@@H]4C2)OCO6)cc1. The Hall–Kier alpha value is -2.54. The first-order chi connectivity index (χ1) is 14.7. The van der Waals surface area contributed by atoms with Gasteiger partial charge in [-0.05, 0) is 60.0 Å². The van der Waals surface area contributed by atoms with E-state index in [1.165, 1.54) is 16.7 Å². The fraction of sp³-hybridized carbons (Fsp3) is 0.417. The van der Waals surface area contributed by atoms with Crippen LogP contribution in [0.5, 0.6) is 17.2 Å². The fourth-order valence-corrected chi connectivity index (χ4v) is 5.68. The van der Waals surface area contributed by atoms with Crippen molar-refractivity contribution in [1.29, 1.82) is 0 Å². The monoisotopic (exact) mass is 406 g/mol. The molecular formula is C24H26N2O4. The van der Waals surface area contributed by atoms with E-state index in [9.17, 15) is 5.11 Å². The summed E-state index contributed by atoms with van der Waals surface area (Å²) in [7, 11) is 0. The summed E-state index contributed by atoms with van der Waals surface area (Å²) in [5, 5.41) is 11.1. The normalized spacial score (nSPS) is 32.6. The molecule has 6 nitrogen and oxygen atoms in total. The van der Waals surface area contributed by atoms with E-state index in [1.807, 2.05) is 12.1 Å². The Morgan fingerprint density at radius 3 is 2.77 bits per heavy atom. The van der Waals surface area contributed by atoms with Crippen LogP contribution in [-0.2, 0) is 18.4 Å². The lowest BCUT2D eigenvalue weighted by molar-refractivity contribution is 0.102. The molecule has 5 atom stereocenters. The van der Waals surface area contributed by atoms with Crippen molar-refractivity contribution in [2.24, 2.45) is 5.73 Å². The Kier molecular flexibility index (Phi) is 4.10. The van der Waals surface area contributed by atoms with Gasteiger partial charge >= 0.3 is 0 Å². The molecule has 2 aromatic rings. The van der Waals surface area contributed by atoms with E-state index in [2.05, 4.69) is 41.3 Å². The highest BCUT2D eigenvalue weighted by Gasteiger charge is 2.58. The average molecular weight is 406 g/mol. The number of aliphatic hydroxyl groups is 1. The predicted octanol–water partition coefficient (Wildman–Crippen LogP) is 2.12. The van der Waals surface area contributed by atoms with Gasteiger partial charge in [-0.3, -0.25) is 4.90 Å². The molecule has 1 saturated heterocycles. The highest BCUT2D eigenvalue weighted by molar-refractivity contribution is 5.56. The van der Waals surface area contributed by atoms with Crippen molar-refractivity contribution in [2.45, 2.75) is 43.1 Å². The molecule has 2 bridgehead atoms. The number of rotatable bonds is 4. The standard InChI is InChI=1S/C24H26N2O4/c25-8-6-15-1-3-17(4-2-15)30-18-5-7-24-19-11-21-20(28-14-29-21)9-16(19)12-26(13-23(24)27)22(24)10-18/h1-5,7,9,11,18,22-23,27H,6,8,10,12-14,25H2/t18-,22+,23+,24-/m0/s1. The van der Waals surface area contributed by atoms with Crippen LogP contribution in [0.3, 0.4) is 0 Å². The van der Waals surface area contributed by atoms with Crippen LogP contribution in [0.25, 0.3) is 0 Å². The van der Waals surface area contributed by atoms with E-state index in [0.29, 0.717) is 13.1 Å². The zero-order valence-electron chi connectivity index (χ0n) is 16.8. The average Bonchev–Trinajstić information content (AvgIpc) is 3.29. The van der Waals surface area contributed by atoms with E-state index in [0.717, 1.165) is 36.6 Å². The Balaban J connectivity index is 1.31. The topological polar surface area (TPSA) is 77.2 Å². The Labute approximate surface area is 175 Å². The van der Waals surface area contributed by atoms with E-state index in [1.54, 1.807) is 0 Å². The van der Waals surface area contributed by atoms with Gasteiger partial charge in [0.2, 0.25) is 6.79 Å². The smallest absolute Gasteiger partial charge is 0.231 e. The molecule has 1 aliphatic carbocycles. The van der Waals surface area contributed by atoms with Crippen molar-refractivity contribution in [1.82, 2.24) is 4.90 Å². The lowest BCUT2D eigenvalue weighted by Crippen LogP contribution is -2.52. The molecule has 0 radical (unpaired) electrons. The second kappa shape index (κ2) is 6.74. The minimum absolute atomic E-state index is 0.0214. The number of hydrogen-bond donors (Lipinski definition) is 2. The van der Waals surface area contributed by atoms with Crippen LogP contribution < -0.4 is 19.9 Å². The number of aliphatic hydroxyl groups excluding tert-OH is 1. The Morgan fingerprint density at radius 1 is 1.17 bits per heavy atom. The summed E-state index contributed by atoms with van der Waals surface area (Å²) >= 11 is 0. The molecule has 6 rings (SSSR count). The van der Waals surface area contributed by atoms with Crippen LogP contribution in [0, 0.1) is 0 Å². The van der Waals surface area contributed by atoms with Gasteiger partial charge in [0.15, 0.2) is 11.5 Å². The first kappa shape index (κ1) is 18.2. The quantitative estimate of drug-likeness (QED) is 0.758. The zero-order chi connectivity index (χ0) is 20.3.